The molecule has 0 saturated carbocycles. The van der Waals surface area contributed by atoms with Gasteiger partial charge in [0.1, 0.15) is 17.5 Å². The van der Waals surface area contributed by atoms with Crippen molar-refractivity contribution >= 4 is 23.3 Å². The molecule has 3 rings (SSSR count). The van der Waals surface area contributed by atoms with Crippen LogP contribution >= 0.6 is 0 Å². The monoisotopic (exact) mass is 294 g/mol. The second-order valence-corrected chi connectivity index (χ2v) is 5.17. The Bertz CT molecular complexity index is 728. The minimum absolute atomic E-state index is 0.314. The van der Waals surface area contributed by atoms with Crippen molar-refractivity contribution in [3.63, 3.8) is 0 Å². The molecule has 22 heavy (non-hydrogen) atoms. The quantitative estimate of drug-likeness (QED) is 0.641. The highest BCUT2D eigenvalue weighted by molar-refractivity contribution is 6.48. The normalized spacial score (nSPS) is 21.2. The molecule has 1 aliphatic heterocycles. The molecule has 2 aromatic rings. The smallest absolute Gasteiger partial charge is 0.297 e. The number of rotatable bonds is 3. The predicted octanol–water partition coefficient (Wildman–Crippen LogP) is 1.94. The van der Waals surface area contributed by atoms with Crippen LogP contribution in [0.25, 0.3) is 0 Å². The van der Waals surface area contributed by atoms with E-state index in [1.54, 1.807) is 24.4 Å². The third-order valence-electron chi connectivity index (χ3n) is 3.78. The lowest BCUT2D eigenvalue weighted by Crippen LogP contribution is -2.30. The maximum atomic E-state index is 12.4. The maximum absolute atomic E-state index is 12.4. The van der Waals surface area contributed by atoms with E-state index in [0.717, 1.165) is 5.56 Å². The topological polar surface area (TPSA) is 67.3 Å². The zero-order chi connectivity index (χ0) is 15.7. The summed E-state index contributed by atoms with van der Waals surface area (Å²) in [6.07, 6.45) is 1.55. The Morgan fingerprint density at radius 3 is 2.32 bits per heavy atom. The summed E-state index contributed by atoms with van der Waals surface area (Å²) in [7, 11) is 0. The van der Waals surface area contributed by atoms with Crippen LogP contribution in [0.1, 0.15) is 18.5 Å². The molecule has 1 aliphatic rings. The van der Waals surface area contributed by atoms with Crippen molar-refractivity contribution in [1.29, 1.82) is 0 Å². The summed E-state index contributed by atoms with van der Waals surface area (Å²) in [5.41, 5.74) is 0.743. The SMILES string of the molecule is CC(=O)C1C(=O)C(=O)N(c2ccccn2)C1c1ccccc1. The van der Waals surface area contributed by atoms with Crippen molar-refractivity contribution in [3.05, 3.63) is 60.3 Å². The number of aromatic nitrogens is 1. The Kier molecular flexibility index (Phi) is 3.55. The molecule has 0 bridgehead atoms. The van der Waals surface area contributed by atoms with Crippen LogP contribution < -0.4 is 4.90 Å². The van der Waals surface area contributed by atoms with Gasteiger partial charge >= 0.3 is 0 Å². The Labute approximate surface area is 127 Å². The van der Waals surface area contributed by atoms with Gasteiger partial charge in [-0.05, 0) is 24.6 Å². The minimum Gasteiger partial charge on any atom is -0.299 e. The van der Waals surface area contributed by atoms with Gasteiger partial charge in [0.25, 0.3) is 5.91 Å². The van der Waals surface area contributed by atoms with Crippen molar-refractivity contribution in [2.24, 2.45) is 5.92 Å². The third kappa shape index (κ3) is 2.20. The van der Waals surface area contributed by atoms with Gasteiger partial charge in [-0.15, -0.1) is 0 Å². The first-order valence-corrected chi connectivity index (χ1v) is 6.95. The van der Waals surface area contributed by atoms with Gasteiger partial charge in [0.15, 0.2) is 0 Å². The predicted molar refractivity (Wildman–Crippen MR) is 80.1 cm³/mol. The summed E-state index contributed by atoms with van der Waals surface area (Å²) in [6, 6.07) is 13.6. The van der Waals surface area contributed by atoms with Crippen LogP contribution in [0.2, 0.25) is 0 Å². The molecule has 0 radical (unpaired) electrons. The van der Waals surface area contributed by atoms with Crippen LogP contribution in [0.3, 0.4) is 0 Å². The lowest BCUT2D eigenvalue weighted by Gasteiger charge is -2.25. The summed E-state index contributed by atoms with van der Waals surface area (Å²) in [5, 5.41) is 0. The number of benzene rings is 1. The standard InChI is InChI=1S/C17H14N2O3/c1-11(20)14-15(12-7-3-2-4-8-12)19(17(22)16(14)21)13-9-5-6-10-18-13/h2-10,14-15H,1H3. The van der Waals surface area contributed by atoms with Crippen LogP contribution in [-0.2, 0) is 14.4 Å². The van der Waals surface area contributed by atoms with Gasteiger partial charge in [0.05, 0.1) is 6.04 Å². The molecule has 1 amide bonds. The molecule has 2 atom stereocenters. The van der Waals surface area contributed by atoms with E-state index >= 15 is 0 Å². The number of ketones is 2. The Balaban J connectivity index is 2.16. The molecule has 1 fully saturated rings. The third-order valence-corrected chi connectivity index (χ3v) is 3.78. The molecular formula is C17H14N2O3. The molecule has 110 valence electrons. The molecule has 0 N–H and O–H groups in total. The number of nitrogens with zero attached hydrogens (tertiary/aromatic N) is 2. The number of anilines is 1. The van der Waals surface area contributed by atoms with Crippen molar-refractivity contribution in [2.45, 2.75) is 13.0 Å². The number of carbonyl (C=O) groups is 3. The average molecular weight is 294 g/mol. The minimum atomic E-state index is -0.989. The van der Waals surface area contributed by atoms with Crippen molar-refractivity contribution < 1.29 is 14.4 Å². The number of hydrogen-bond acceptors (Lipinski definition) is 4. The van der Waals surface area contributed by atoms with Gasteiger partial charge in [0.2, 0.25) is 5.78 Å². The first-order chi connectivity index (χ1) is 10.6. The van der Waals surface area contributed by atoms with Gasteiger partial charge in [0, 0.05) is 6.20 Å². The Morgan fingerprint density at radius 2 is 1.73 bits per heavy atom. The van der Waals surface area contributed by atoms with Crippen molar-refractivity contribution in [3.8, 4) is 0 Å². The van der Waals surface area contributed by atoms with Gasteiger partial charge in [-0.2, -0.15) is 0 Å². The van der Waals surface area contributed by atoms with E-state index in [2.05, 4.69) is 4.98 Å². The second kappa shape index (κ2) is 5.52. The summed E-state index contributed by atoms with van der Waals surface area (Å²) in [4.78, 5) is 42.1. The molecule has 1 saturated heterocycles. The largest absolute Gasteiger partial charge is 0.299 e. The van der Waals surface area contributed by atoms with Crippen LogP contribution in [0.15, 0.2) is 54.7 Å². The Morgan fingerprint density at radius 1 is 1.05 bits per heavy atom. The molecule has 5 heteroatoms. The lowest BCUT2D eigenvalue weighted by atomic mass is 9.90. The number of Topliss-reactive ketones (excluding diaryl/α,β-unsaturated/α-hetero) is 2. The number of hydrogen-bond donors (Lipinski definition) is 0. The maximum Gasteiger partial charge on any atom is 0.297 e. The number of carbonyl (C=O) groups excluding carboxylic acids is 3. The first-order valence-electron chi connectivity index (χ1n) is 6.95. The zero-order valence-corrected chi connectivity index (χ0v) is 12.0. The summed E-state index contributed by atoms with van der Waals surface area (Å²) >= 11 is 0. The lowest BCUT2D eigenvalue weighted by molar-refractivity contribution is -0.138. The first kappa shape index (κ1) is 14.1. The Hall–Kier alpha value is -2.82. The van der Waals surface area contributed by atoms with E-state index < -0.39 is 23.7 Å². The molecule has 1 aromatic carbocycles. The second-order valence-electron chi connectivity index (χ2n) is 5.17. The molecular weight excluding hydrogens is 280 g/mol. The van der Waals surface area contributed by atoms with Gasteiger partial charge in [-0.1, -0.05) is 36.4 Å². The molecule has 0 aliphatic carbocycles. The number of pyridine rings is 1. The molecule has 1 aromatic heterocycles. The highest BCUT2D eigenvalue weighted by Gasteiger charge is 2.51. The van der Waals surface area contributed by atoms with E-state index in [9.17, 15) is 14.4 Å². The molecule has 2 heterocycles. The summed E-state index contributed by atoms with van der Waals surface area (Å²) in [6.45, 7) is 1.34. The van der Waals surface area contributed by atoms with Gasteiger partial charge in [-0.3, -0.25) is 19.3 Å². The fourth-order valence-corrected chi connectivity index (χ4v) is 2.81. The molecule has 2 unspecified atom stereocenters. The van der Waals surface area contributed by atoms with E-state index in [-0.39, 0.29) is 5.78 Å². The van der Waals surface area contributed by atoms with Crippen molar-refractivity contribution in [2.75, 3.05) is 4.90 Å². The van der Waals surface area contributed by atoms with E-state index in [0.29, 0.717) is 5.82 Å². The molecule has 5 nitrogen and oxygen atoms in total. The van der Waals surface area contributed by atoms with Crippen LogP contribution in [-0.4, -0.2) is 22.5 Å². The van der Waals surface area contributed by atoms with E-state index in [1.165, 1.54) is 11.8 Å². The molecule has 0 spiro atoms. The van der Waals surface area contributed by atoms with Gasteiger partial charge < -0.3 is 0 Å². The van der Waals surface area contributed by atoms with Crippen LogP contribution in [0.4, 0.5) is 5.82 Å². The van der Waals surface area contributed by atoms with Crippen LogP contribution in [0, 0.1) is 5.92 Å². The number of amides is 1. The van der Waals surface area contributed by atoms with Gasteiger partial charge in [-0.25, -0.2) is 4.98 Å². The fourth-order valence-electron chi connectivity index (χ4n) is 2.81. The average Bonchev–Trinajstić information content (AvgIpc) is 2.81. The fraction of sp³-hybridized carbons (Fsp3) is 0.176. The van der Waals surface area contributed by atoms with E-state index in [4.69, 9.17) is 0 Å². The summed E-state index contributed by atoms with van der Waals surface area (Å²) in [5.74, 6) is -2.29. The highest BCUT2D eigenvalue weighted by atomic mass is 16.2. The zero-order valence-electron chi connectivity index (χ0n) is 12.0. The van der Waals surface area contributed by atoms with Crippen LogP contribution in [0.5, 0.6) is 0 Å². The summed E-state index contributed by atoms with van der Waals surface area (Å²) < 4.78 is 0. The van der Waals surface area contributed by atoms with E-state index in [1.807, 2.05) is 30.3 Å². The van der Waals surface area contributed by atoms with Crippen molar-refractivity contribution in [1.82, 2.24) is 4.98 Å². The highest BCUT2D eigenvalue weighted by Crippen LogP contribution is 2.39.